The van der Waals surface area contributed by atoms with Crippen molar-refractivity contribution in [3.05, 3.63) is 40.3 Å². The lowest BCUT2D eigenvalue weighted by molar-refractivity contribution is -0.118. The number of hydrogen-bond donors (Lipinski definition) is 1. The molecule has 1 aliphatic carbocycles. The van der Waals surface area contributed by atoms with Gasteiger partial charge in [0, 0.05) is 4.88 Å². The van der Waals surface area contributed by atoms with Crippen LogP contribution in [0, 0.1) is 22.7 Å². The highest BCUT2D eigenvalue weighted by Gasteiger charge is 2.32. The molecule has 0 unspecified atom stereocenters. The van der Waals surface area contributed by atoms with E-state index in [-0.39, 0.29) is 17.9 Å². The first kappa shape index (κ1) is 20.2. The molecule has 0 bridgehead atoms. The number of benzene rings is 1. The van der Waals surface area contributed by atoms with Gasteiger partial charge in [-0.1, -0.05) is 20.8 Å². The normalized spacial score (nSPS) is 16.0. The van der Waals surface area contributed by atoms with Crippen molar-refractivity contribution in [3.63, 3.8) is 0 Å². The van der Waals surface area contributed by atoms with Crippen LogP contribution in [0.2, 0.25) is 0 Å². The van der Waals surface area contributed by atoms with E-state index >= 15 is 0 Å². The minimum Gasteiger partial charge on any atom is -0.497 e. The molecule has 1 atom stereocenters. The quantitative estimate of drug-likeness (QED) is 0.785. The second-order valence-electron chi connectivity index (χ2n) is 8.14. The van der Waals surface area contributed by atoms with Crippen LogP contribution in [0.1, 0.15) is 43.2 Å². The highest BCUT2D eigenvalue weighted by atomic mass is 32.1. The smallest absolute Gasteiger partial charge is 0.262 e. The molecule has 0 radical (unpaired) electrons. The van der Waals surface area contributed by atoms with Crippen LogP contribution >= 0.6 is 11.3 Å². The summed E-state index contributed by atoms with van der Waals surface area (Å²) in [4.78, 5) is 13.6. The number of nitrogens with one attached hydrogen (secondary N) is 1. The van der Waals surface area contributed by atoms with Crippen LogP contribution in [-0.2, 0) is 17.6 Å². The Bertz CT molecular complexity index is 888. The highest BCUT2D eigenvalue weighted by molar-refractivity contribution is 7.16. The van der Waals surface area contributed by atoms with Crippen LogP contribution in [0.4, 0.5) is 5.00 Å². The van der Waals surface area contributed by atoms with Crippen molar-refractivity contribution in [2.24, 2.45) is 11.3 Å². The van der Waals surface area contributed by atoms with Gasteiger partial charge in [0.25, 0.3) is 5.91 Å². The summed E-state index contributed by atoms with van der Waals surface area (Å²) in [6.45, 7) is 6.69. The summed E-state index contributed by atoms with van der Waals surface area (Å²) in [5, 5.41) is 13.1. The zero-order chi connectivity index (χ0) is 20.3. The van der Waals surface area contributed by atoms with Gasteiger partial charge in [-0.3, -0.25) is 4.79 Å². The summed E-state index contributed by atoms with van der Waals surface area (Å²) in [6, 6.07) is 9.35. The van der Waals surface area contributed by atoms with E-state index in [1.165, 1.54) is 16.2 Å². The molecule has 0 spiro atoms. The number of fused-ring (bicyclic) bond motifs is 1. The average Bonchev–Trinajstić information content (AvgIpc) is 3.02. The van der Waals surface area contributed by atoms with Gasteiger partial charge < -0.3 is 14.8 Å². The maximum atomic E-state index is 12.3. The fourth-order valence-corrected chi connectivity index (χ4v) is 4.81. The molecule has 148 valence electrons. The van der Waals surface area contributed by atoms with Crippen molar-refractivity contribution >= 4 is 22.2 Å². The number of carbonyl (C=O) groups is 1. The first-order valence-corrected chi connectivity index (χ1v) is 10.2. The van der Waals surface area contributed by atoms with Crippen LogP contribution < -0.4 is 14.8 Å². The lowest BCUT2D eigenvalue weighted by Gasteiger charge is -2.33. The third-order valence-electron chi connectivity index (χ3n) is 5.28. The Labute approximate surface area is 170 Å². The molecule has 1 aromatic carbocycles. The summed E-state index contributed by atoms with van der Waals surface area (Å²) in [7, 11) is 1.60. The van der Waals surface area contributed by atoms with E-state index in [9.17, 15) is 10.1 Å². The minimum atomic E-state index is -0.265. The highest BCUT2D eigenvalue weighted by Crippen LogP contribution is 2.43. The molecule has 3 rings (SSSR count). The van der Waals surface area contributed by atoms with Crippen LogP contribution in [0.15, 0.2) is 24.3 Å². The molecule has 6 heteroatoms. The Morgan fingerprint density at radius 1 is 1.29 bits per heavy atom. The molecule has 1 aromatic heterocycles. The molecule has 0 fully saturated rings. The number of ether oxygens (including phenoxy) is 2. The Hall–Kier alpha value is -2.52. The average molecular weight is 399 g/mol. The van der Waals surface area contributed by atoms with E-state index in [0.717, 1.165) is 30.6 Å². The molecular weight excluding hydrogens is 372 g/mol. The second kappa shape index (κ2) is 8.24. The predicted molar refractivity (Wildman–Crippen MR) is 111 cm³/mol. The summed E-state index contributed by atoms with van der Waals surface area (Å²) < 4.78 is 10.6. The summed E-state index contributed by atoms with van der Waals surface area (Å²) >= 11 is 1.53. The fourth-order valence-electron chi connectivity index (χ4n) is 3.52. The van der Waals surface area contributed by atoms with Crippen molar-refractivity contribution in [3.8, 4) is 17.6 Å². The SMILES string of the molecule is COc1ccc(OCC(=O)Nc2sc3c(c2C#N)CC[C@@H](C(C)(C)C)C3)cc1. The Kier molecular flexibility index (Phi) is 5.95. The van der Waals surface area contributed by atoms with Gasteiger partial charge in [0.1, 0.15) is 22.6 Å². The molecule has 1 heterocycles. The number of hydrogen-bond acceptors (Lipinski definition) is 5. The number of amides is 1. The molecule has 0 saturated carbocycles. The van der Waals surface area contributed by atoms with E-state index in [1.54, 1.807) is 31.4 Å². The monoisotopic (exact) mass is 398 g/mol. The van der Waals surface area contributed by atoms with E-state index in [1.807, 2.05) is 0 Å². The van der Waals surface area contributed by atoms with E-state index in [4.69, 9.17) is 9.47 Å². The zero-order valence-corrected chi connectivity index (χ0v) is 17.6. The second-order valence-corrected chi connectivity index (χ2v) is 9.24. The lowest BCUT2D eigenvalue weighted by Crippen LogP contribution is -2.26. The van der Waals surface area contributed by atoms with Gasteiger partial charge in [-0.05, 0) is 60.4 Å². The molecule has 0 saturated heterocycles. The molecular formula is C22H26N2O3S. The number of methoxy groups -OCH3 is 1. The number of rotatable bonds is 5. The maximum Gasteiger partial charge on any atom is 0.262 e. The maximum absolute atomic E-state index is 12.3. The minimum absolute atomic E-state index is 0.107. The first-order valence-electron chi connectivity index (χ1n) is 9.43. The predicted octanol–water partition coefficient (Wildman–Crippen LogP) is 4.80. The van der Waals surface area contributed by atoms with Crippen molar-refractivity contribution in [1.29, 1.82) is 5.26 Å². The number of nitriles is 1. The summed E-state index contributed by atoms with van der Waals surface area (Å²) in [5.74, 6) is 1.65. The first-order chi connectivity index (χ1) is 13.3. The molecule has 0 aliphatic heterocycles. The number of anilines is 1. The Morgan fingerprint density at radius 3 is 2.57 bits per heavy atom. The van der Waals surface area contributed by atoms with Gasteiger partial charge in [-0.15, -0.1) is 11.3 Å². The molecule has 5 nitrogen and oxygen atoms in total. The van der Waals surface area contributed by atoms with Crippen molar-refractivity contribution < 1.29 is 14.3 Å². The molecule has 1 N–H and O–H groups in total. The molecule has 1 aliphatic rings. The van der Waals surface area contributed by atoms with Crippen LogP contribution in [0.5, 0.6) is 11.5 Å². The van der Waals surface area contributed by atoms with Gasteiger partial charge in [0.2, 0.25) is 0 Å². The van der Waals surface area contributed by atoms with Crippen molar-refractivity contribution in [2.75, 3.05) is 19.0 Å². The standard InChI is InChI=1S/C22H26N2O3S/c1-22(2,3)14-5-10-17-18(12-23)21(28-19(17)11-14)24-20(25)13-27-16-8-6-15(26-4)7-9-16/h6-9,14H,5,10-11,13H2,1-4H3,(H,24,25)/t14-/m1/s1. The van der Waals surface area contributed by atoms with Crippen LogP contribution in [0.3, 0.4) is 0 Å². The largest absolute Gasteiger partial charge is 0.497 e. The van der Waals surface area contributed by atoms with Crippen LogP contribution in [0.25, 0.3) is 0 Å². The van der Waals surface area contributed by atoms with Crippen LogP contribution in [-0.4, -0.2) is 19.6 Å². The number of nitrogens with zero attached hydrogens (tertiary/aromatic N) is 1. The Balaban J connectivity index is 1.66. The molecule has 28 heavy (non-hydrogen) atoms. The van der Waals surface area contributed by atoms with Gasteiger partial charge in [-0.25, -0.2) is 0 Å². The number of carbonyl (C=O) groups excluding carboxylic acids is 1. The summed E-state index contributed by atoms with van der Waals surface area (Å²) in [5.41, 5.74) is 1.97. The van der Waals surface area contributed by atoms with E-state index < -0.39 is 0 Å². The van der Waals surface area contributed by atoms with E-state index in [2.05, 4.69) is 32.2 Å². The van der Waals surface area contributed by atoms with Crippen molar-refractivity contribution in [2.45, 2.75) is 40.0 Å². The van der Waals surface area contributed by atoms with Gasteiger partial charge in [-0.2, -0.15) is 5.26 Å². The summed E-state index contributed by atoms with van der Waals surface area (Å²) in [6.07, 6.45) is 2.95. The number of thiophene rings is 1. The molecule has 2 aromatic rings. The van der Waals surface area contributed by atoms with E-state index in [0.29, 0.717) is 22.2 Å². The molecule has 1 amide bonds. The third-order valence-corrected chi connectivity index (χ3v) is 6.45. The fraction of sp³-hybridized carbons (Fsp3) is 0.455. The van der Waals surface area contributed by atoms with Gasteiger partial charge in [0.15, 0.2) is 6.61 Å². The lowest BCUT2D eigenvalue weighted by atomic mass is 9.72. The van der Waals surface area contributed by atoms with Gasteiger partial charge in [0.05, 0.1) is 12.7 Å². The Morgan fingerprint density at radius 2 is 1.96 bits per heavy atom. The third kappa shape index (κ3) is 4.48. The van der Waals surface area contributed by atoms with Gasteiger partial charge >= 0.3 is 0 Å². The zero-order valence-electron chi connectivity index (χ0n) is 16.8. The topological polar surface area (TPSA) is 71.3 Å². The van der Waals surface area contributed by atoms with Crippen molar-refractivity contribution in [1.82, 2.24) is 0 Å².